The molecule has 0 aliphatic carbocycles. The molecule has 0 N–H and O–H groups in total. The maximum Gasteiger partial charge on any atom is 0.210 e. The van der Waals surface area contributed by atoms with Gasteiger partial charge in [0.25, 0.3) is 0 Å². The van der Waals surface area contributed by atoms with Crippen LogP contribution in [0.3, 0.4) is 0 Å². The van der Waals surface area contributed by atoms with E-state index in [9.17, 15) is 14.9 Å². The standard InChI is InChI=1S/C6H11NO3/c1-5(7(9)10)3-4-6(2)8/h5H,3-4H2,1-2H3. The summed E-state index contributed by atoms with van der Waals surface area (Å²) in [6.07, 6.45) is 0.657. The van der Waals surface area contributed by atoms with Crippen LogP contribution < -0.4 is 0 Å². The summed E-state index contributed by atoms with van der Waals surface area (Å²) in [5, 5.41) is 10.0. The van der Waals surface area contributed by atoms with E-state index in [4.69, 9.17) is 0 Å². The van der Waals surface area contributed by atoms with Gasteiger partial charge in [0.05, 0.1) is 0 Å². The molecule has 0 fully saturated rings. The summed E-state index contributed by atoms with van der Waals surface area (Å²) >= 11 is 0. The number of hydrogen-bond acceptors (Lipinski definition) is 3. The smallest absolute Gasteiger partial charge is 0.210 e. The second-order valence-electron chi connectivity index (χ2n) is 2.38. The third-order valence-electron chi connectivity index (χ3n) is 1.27. The minimum absolute atomic E-state index is 0.00806. The molecule has 4 heteroatoms. The van der Waals surface area contributed by atoms with Gasteiger partial charge in [-0.05, 0) is 6.92 Å². The molecule has 0 rings (SSSR count). The molecule has 1 unspecified atom stereocenters. The molecule has 0 radical (unpaired) electrons. The third-order valence-corrected chi connectivity index (χ3v) is 1.27. The Morgan fingerprint density at radius 2 is 2.20 bits per heavy atom. The van der Waals surface area contributed by atoms with Crippen LogP contribution in [0.15, 0.2) is 0 Å². The summed E-state index contributed by atoms with van der Waals surface area (Å²) in [4.78, 5) is 20.0. The van der Waals surface area contributed by atoms with Gasteiger partial charge in [-0.3, -0.25) is 10.1 Å². The molecule has 0 saturated carbocycles. The van der Waals surface area contributed by atoms with Crippen LogP contribution in [-0.2, 0) is 4.79 Å². The molecule has 4 nitrogen and oxygen atoms in total. The van der Waals surface area contributed by atoms with Gasteiger partial charge in [-0.2, -0.15) is 0 Å². The van der Waals surface area contributed by atoms with Crippen LogP contribution in [0, 0.1) is 10.1 Å². The van der Waals surface area contributed by atoms with Crippen molar-refractivity contribution in [1.29, 1.82) is 0 Å². The fraction of sp³-hybridized carbons (Fsp3) is 0.833. The first-order valence-corrected chi connectivity index (χ1v) is 3.17. The third kappa shape index (κ3) is 4.00. The van der Waals surface area contributed by atoms with Gasteiger partial charge in [0.1, 0.15) is 5.78 Å². The molecule has 0 aromatic carbocycles. The predicted octanol–water partition coefficient (Wildman–Crippen LogP) is 1.02. The van der Waals surface area contributed by atoms with Gasteiger partial charge in [0.15, 0.2) is 0 Å². The van der Waals surface area contributed by atoms with Crippen LogP contribution in [-0.4, -0.2) is 16.7 Å². The normalized spacial score (nSPS) is 12.6. The Hall–Kier alpha value is -0.930. The highest BCUT2D eigenvalue weighted by Crippen LogP contribution is 1.99. The Morgan fingerprint density at radius 3 is 2.50 bits per heavy atom. The van der Waals surface area contributed by atoms with E-state index in [0.29, 0.717) is 12.8 Å². The summed E-state index contributed by atoms with van der Waals surface area (Å²) in [5.74, 6) is 0.00806. The topological polar surface area (TPSA) is 60.2 Å². The molecule has 0 saturated heterocycles. The Balaban J connectivity index is 3.49. The number of ketones is 1. The SMILES string of the molecule is CC(=O)CCC(C)[N+](=O)[O-]. The van der Waals surface area contributed by atoms with Gasteiger partial charge in [-0.25, -0.2) is 0 Å². The highest BCUT2D eigenvalue weighted by atomic mass is 16.6. The van der Waals surface area contributed by atoms with Gasteiger partial charge >= 0.3 is 0 Å². The van der Waals surface area contributed by atoms with E-state index in [1.807, 2.05) is 0 Å². The zero-order valence-corrected chi connectivity index (χ0v) is 6.16. The number of nitrogens with zero attached hydrogens (tertiary/aromatic N) is 1. The largest absolute Gasteiger partial charge is 0.300 e. The number of rotatable bonds is 4. The van der Waals surface area contributed by atoms with Crippen molar-refractivity contribution in [3.8, 4) is 0 Å². The second-order valence-corrected chi connectivity index (χ2v) is 2.38. The lowest BCUT2D eigenvalue weighted by atomic mass is 10.1. The minimum Gasteiger partial charge on any atom is -0.300 e. The number of carbonyl (C=O) groups excluding carboxylic acids is 1. The van der Waals surface area contributed by atoms with Gasteiger partial charge in [0, 0.05) is 24.7 Å². The van der Waals surface area contributed by atoms with E-state index in [0.717, 1.165) is 0 Å². The Bertz CT molecular complexity index is 144. The van der Waals surface area contributed by atoms with Crippen LogP contribution in [0.2, 0.25) is 0 Å². The fourth-order valence-electron chi connectivity index (χ4n) is 0.518. The maximum atomic E-state index is 10.3. The molecular weight excluding hydrogens is 134 g/mol. The summed E-state index contributed by atoms with van der Waals surface area (Å²) in [6, 6.07) is -0.594. The van der Waals surface area contributed by atoms with Crippen molar-refractivity contribution in [1.82, 2.24) is 0 Å². The molecule has 0 heterocycles. The molecule has 0 aromatic rings. The average Bonchev–Trinajstić information content (AvgIpc) is 1.82. The van der Waals surface area contributed by atoms with Gasteiger partial charge in [-0.15, -0.1) is 0 Å². The highest BCUT2D eigenvalue weighted by Gasteiger charge is 2.12. The van der Waals surface area contributed by atoms with Crippen molar-refractivity contribution >= 4 is 5.78 Å². The summed E-state index contributed by atoms with van der Waals surface area (Å²) < 4.78 is 0. The first kappa shape index (κ1) is 9.07. The predicted molar refractivity (Wildman–Crippen MR) is 36.4 cm³/mol. The number of carbonyl (C=O) groups is 1. The fourth-order valence-corrected chi connectivity index (χ4v) is 0.518. The lowest BCUT2D eigenvalue weighted by molar-refractivity contribution is -0.518. The zero-order valence-electron chi connectivity index (χ0n) is 6.16. The molecule has 10 heavy (non-hydrogen) atoms. The van der Waals surface area contributed by atoms with Crippen LogP contribution in [0.1, 0.15) is 26.7 Å². The van der Waals surface area contributed by atoms with E-state index in [-0.39, 0.29) is 10.7 Å². The first-order chi connectivity index (χ1) is 4.54. The Kier molecular flexibility index (Phi) is 3.61. The number of nitro groups is 1. The van der Waals surface area contributed by atoms with E-state index in [1.165, 1.54) is 13.8 Å². The molecular formula is C6H11NO3. The van der Waals surface area contributed by atoms with E-state index in [2.05, 4.69) is 0 Å². The minimum atomic E-state index is -0.594. The Morgan fingerprint density at radius 1 is 1.70 bits per heavy atom. The van der Waals surface area contributed by atoms with Crippen LogP contribution >= 0.6 is 0 Å². The molecule has 0 aromatic heterocycles. The lowest BCUT2D eigenvalue weighted by Gasteiger charge is -1.99. The molecule has 0 spiro atoms. The van der Waals surface area contributed by atoms with Crippen molar-refractivity contribution < 1.29 is 9.72 Å². The summed E-state index contributed by atoms with van der Waals surface area (Å²) in [6.45, 7) is 2.94. The maximum absolute atomic E-state index is 10.3. The van der Waals surface area contributed by atoms with Crippen LogP contribution in [0.25, 0.3) is 0 Å². The quantitative estimate of drug-likeness (QED) is 0.438. The van der Waals surface area contributed by atoms with Crippen molar-refractivity contribution in [2.24, 2.45) is 0 Å². The van der Waals surface area contributed by atoms with E-state index in [1.54, 1.807) is 0 Å². The van der Waals surface area contributed by atoms with E-state index >= 15 is 0 Å². The monoisotopic (exact) mass is 145 g/mol. The van der Waals surface area contributed by atoms with Crippen molar-refractivity contribution in [3.05, 3.63) is 10.1 Å². The van der Waals surface area contributed by atoms with Crippen LogP contribution in [0.5, 0.6) is 0 Å². The van der Waals surface area contributed by atoms with Crippen molar-refractivity contribution in [2.75, 3.05) is 0 Å². The average molecular weight is 145 g/mol. The second kappa shape index (κ2) is 3.98. The zero-order chi connectivity index (χ0) is 8.15. The summed E-state index contributed by atoms with van der Waals surface area (Å²) in [7, 11) is 0. The number of Topliss-reactive ketones (excluding diaryl/α,β-unsaturated/α-hetero) is 1. The molecule has 1 atom stereocenters. The molecule has 0 amide bonds. The van der Waals surface area contributed by atoms with Gasteiger partial charge in [-0.1, -0.05) is 0 Å². The number of hydrogen-bond donors (Lipinski definition) is 0. The molecule has 58 valence electrons. The lowest BCUT2D eigenvalue weighted by Crippen LogP contribution is -2.15. The molecule has 0 aliphatic rings. The van der Waals surface area contributed by atoms with Crippen molar-refractivity contribution in [2.45, 2.75) is 32.7 Å². The summed E-state index contributed by atoms with van der Waals surface area (Å²) in [5.41, 5.74) is 0. The van der Waals surface area contributed by atoms with Crippen LogP contribution in [0.4, 0.5) is 0 Å². The first-order valence-electron chi connectivity index (χ1n) is 3.17. The Labute approximate surface area is 59.4 Å². The molecule has 0 aliphatic heterocycles. The highest BCUT2D eigenvalue weighted by molar-refractivity contribution is 5.75. The van der Waals surface area contributed by atoms with E-state index < -0.39 is 6.04 Å². The molecule has 0 bridgehead atoms. The van der Waals surface area contributed by atoms with Gasteiger partial charge < -0.3 is 4.79 Å². The van der Waals surface area contributed by atoms with Gasteiger partial charge in [0.2, 0.25) is 6.04 Å². The van der Waals surface area contributed by atoms with Crippen molar-refractivity contribution in [3.63, 3.8) is 0 Å².